The average molecular weight is 680 g/mol. The zero-order chi connectivity index (χ0) is 31.6. The van der Waals surface area contributed by atoms with Crippen LogP contribution in [0.5, 0.6) is 0 Å². The number of rotatable bonds is 4. The second-order valence-electron chi connectivity index (χ2n) is 11.9. The van der Waals surface area contributed by atoms with Crippen LogP contribution in [0.2, 0.25) is 0 Å². The molecule has 10 aromatic rings. The normalized spacial score (nSPS) is 11.8. The summed E-state index contributed by atoms with van der Waals surface area (Å²) in [5.74, 6) is 2.60. The fourth-order valence-electron chi connectivity index (χ4n) is 6.61. The van der Waals surface area contributed by atoms with E-state index in [9.17, 15) is 0 Å². The van der Waals surface area contributed by atoms with Gasteiger partial charge in [-0.1, -0.05) is 6.07 Å². The zero-order valence-electron chi connectivity index (χ0n) is 25.5. The molecule has 0 amide bonds. The third-order valence-corrected chi connectivity index (χ3v) is 11.6. The van der Waals surface area contributed by atoms with Crippen LogP contribution in [0.1, 0.15) is 0 Å². The molecule has 5 nitrogen and oxygen atoms in total. The van der Waals surface area contributed by atoms with Gasteiger partial charge >= 0.3 is 276 Å². The molecular weight excluding hydrogens is 655 g/mol. The van der Waals surface area contributed by atoms with Crippen molar-refractivity contribution in [3.63, 3.8) is 0 Å². The number of benzene rings is 7. The number of fused-ring (bicyclic) bond motifs is 8. The van der Waals surface area contributed by atoms with Crippen LogP contribution < -0.4 is 0 Å². The van der Waals surface area contributed by atoms with Gasteiger partial charge in [-0.2, -0.15) is 0 Å². The molecule has 0 aliphatic heterocycles. The van der Waals surface area contributed by atoms with Crippen molar-refractivity contribution in [1.82, 2.24) is 19.9 Å². The topological polar surface area (TPSA) is 64.7 Å². The van der Waals surface area contributed by atoms with Crippen molar-refractivity contribution in [2.24, 2.45) is 0 Å². The molecule has 6 heteroatoms. The number of oxazole rings is 1. The first-order valence-corrected chi connectivity index (χ1v) is 17.5. The molecule has 0 N–H and O–H groups in total. The third kappa shape index (κ3) is 4.38. The van der Waals surface area contributed by atoms with Gasteiger partial charge in [0.15, 0.2) is 0 Å². The molecular formula is C42H24N4OSe. The Morgan fingerprint density at radius 3 is 1.88 bits per heavy atom. The van der Waals surface area contributed by atoms with Crippen molar-refractivity contribution in [1.29, 1.82) is 0 Å². The van der Waals surface area contributed by atoms with Gasteiger partial charge in [0.1, 0.15) is 0 Å². The van der Waals surface area contributed by atoms with E-state index in [1.807, 2.05) is 48.5 Å². The van der Waals surface area contributed by atoms with Crippen LogP contribution in [-0.4, -0.2) is 34.4 Å². The van der Waals surface area contributed by atoms with Crippen molar-refractivity contribution in [3.05, 3.63) is 146 Å². The van der Waals surface area contributed by atoms with Gasteiger partial charge < -0.3 is 0 Å². The summed E-state index contributed by atoms with van der Waals surface area (Å²) in [6.45, 7) is 0. The second-order valence-corrected chi connectivity index (χ2v) is 14.0. The molecule has 0 saturated carbocycles. The maximum absolute atomic E-state index is 6.27. The minimum absolute atomic E-state index is 0.0394. The summed E-state index contributed by atoms with van der Waals surface area (Å²) < 4.78 is 8.87. The molecule has 0 spiro atoms. The first-order chi connectivity index (χ1) is 23.8. The minimum atomic E-state index is 0.0394. The van der Waals surface area contributed by atoms with E-state index in [-0.39, 0.29) is 14.5 Å². The van der Waals surface area contributed by atoms with Gasteiger partial charge in [0.25, 0.3) is 0 Å². The molecule has 0 radical (unpaired) electrons. The molecule has 0 saturated heterocycles. The van der Waals surface area contributed by atoms with Crippen molar-refractivity contribution in [3.8, 4) is 45.6 Å². The first-order valence-electron chi connectivity index (χ1n) is 15.8. The van der Waals surface area contributed by atoms with E-state index in [1.54, 1.807) is 0 Å². The Hall–Kier alpha value is -5.94. The third-order valence-electron chi connectivity index (χ3n) is 8.94. The van der Waals surface area contributed by atoms with Gasteiger partial charge in [0, 0.05) is 0 Å². The average Bonchev–Trinajstić information content (AvgIpc) is 3.77. The molecule has 0 aliphatic rings. The Morgan fingerprint density at radius 1 is 0.417 bits per heavy atom. The van der Waals surface area contributed by atoms with E-state index >= 15 is 0 Å². The molecule has 224 valence electrons. The van der Waals surface area contributed by atoms with Crippen LogP contribution in [0.3, 0.4) is 0 Å². The van der Waals surface area contributed by atoms with E-state index in [4.69, 9.17) is 24.4 Å². The zero-order valence-corrected chi connectivity index (χ0v) is 27.2. The first kappa shape index (κ1) is 27.2. The quantitative estimate of drug-likeness (QED) is 0.173. The van der Waals surface area contributed by atoms with Gasteiger partial charge in [-0.25, -0.2) is 0 Å². The molecule has 10 rings (SSSR count). The molecule has 3 aromatic heterocycles. The van der Waals surface area contributed by atoms with Gasteiger partial charge in [0.2, 0.25) is 0 Å². The van der Waals surface area contributed by atoms with E-state index < -0.39 is 0 Å². The van der Waals surface area contributed by atoms with Crippen LogP contribution in [-0.2, 0) is 0 Å². The molecule has 0 unspecified atom stereocenters. The molecule has 3 heterocycles. The standard InChI is InChI=1S/C42H24N4OSe/c1-3-12-26(13-4-1)39-44-40(29-20-19-25-11-7-8-16-28(25)23-29)46-41(45-39)34-24-33-32-21-22-35-36(43-42(47-35)27-14-5-2-6-15-27)38(32)48-37(33)31-18-10-9-17-30(31)34/h1-24H. The Kier molecular flexibility index (Phi) is 6.13. The van der Waals surface area contributed by atoms with E-state index in [0.29, 0.717) is 23.4 Å². The van der Waals surface area contributed by atoms with Crippen LogP contribution >= 0.6 is 0 Å². The van der Waals surface area contributed by atoms with Gasteiger partial charge in [-0.15, -0.1) is 0 Å². The van der Waals surface area contributed by atoms with Crippen molar-refractivity contribution in [2.75, 3.05) is 0 Å². The molecule has 0 fully saturated rings. The molecule has 48 heavy (non-hydrogen) atoms. The van der Waals surface area contributed by atoms with Gasteiger partial charge in [-0.05, 0) is 0 Å². The van der Waals surface area contributed by atoms with Crippen LogP contribution in [0.4, 0.5) is 0 Å². The summed E-state index contributed by atoms with van der Waals surface area (Å²) in [5, 5.41) is 7.08. The summed E-state index contributed by atoms with van der Waals surface area (Å²) in [6, 6.07) is 50.2. The van der Waals surface area contributed by atoms with E-state index in [2.05, 4.69) is 97.1 Å². The number of hydrogen-bond donors (Lipinski definition) is 0. The summed E-state index contributed by atoms with van der Waals surface area (Å²) in [5.41, 5.74) is 5.63. The maximum atomic E-state index is 6.27. The number of hydrogen-bond acceptors (Lipinski definition) is 5. The molecule has 7 aromatic carbocycles. The fourth-order valence-corrected chi connectivity index (χ4v) is 9.34. The predicted octanol–water partition coefficient (Wildman–Crippen LogP) is 10.4. The van der Waals surface area contributed by atoms with Crippen LogP contribution in [0.15, 0.2) is 150 Å². The predicted molar refractivity (Wildman–Crippen MR) is 196 cm³/mol. The van der Waals surface area contributed by atoms with Crippen LogP contribution in [0.25, 0.3) is 97.6 Å². The molecule has 0 atom stereocenters. The van der Waals surface area contributed by atoms with Crippen LogP contribution in [0, 0.1) is 0 Å². The van der Waals surface area contributed by atoms with E-state index in [1.165, 1.54) is 30.1 Å². The Bertz CT molecular complexity index is 2840. The second kappa shape index (κ2) is 10.8. The van der Waals surface area contributed by atoms with Crippen molar-refractivity contribution >= 4 is 66.4 Å². The summed E-state index contributed by atoms with van der Waals surface area (Å²) in [6.07, 6.45) is 0. The fraction of sp³-hybridized carbons (Fsp3) is 0. The number of aromatic nitrogens is 4. The van der Waals surface area contributed by atoms with Crippen molar-refractivity contribution in [2.45, 2.75) is 0 Å². The van der Waals surface area contributed by atoms with Gasteiger partial charge in [0.05, 0.1) is 0 Å². The van der Waals surface area contributed by atoms with Crippen molar-refractivity contribution < 1.29 is 4.42 Å². The summed E-state index contributed by atoms with van der Waals surface area (Å²) in [7, 11) is 0. The van der Waals surface area contributed by atoms with E-state index in [0.717, 1.165) is 44.1 Å². The SMILES string of the molecule is c1ccc(-c2nc(-c3ccc4ccccc4c3)nc(-c3cc4c5ccc6oc(-c7ccccc7)nc6c5[se]c4c4ccccc34)n2)cc1. The monoisotopic (exact) mass is 680 g/mol. The number of nitrogens with zero attached hydrogens (tertiary/aromatic N) is 4. The van der Waals surface area contributed by atoms with Gasteiger partial charge in [-0.3, -0.25) is 0 Å². The Balaban J connectivity index is 1.23. The Labute approximate surface area is 280 Å². The molecule has 0 aliphatic carbocycles. The Morgan fingerprint density at radius 2 is 1.06 bits per heavy atom. The summed E-state index contributed by atoms with van der Waals surface area (Å²) >= 11 is 0.0394. The molecule has 0 bridgehead atoms. The summed E-state index contributed by atoms with van der Waals surface area (Å²) in [4.78, 5) is 20.4.